The van der Waals surface area contributed by atoms with Gasteiger partial charge in [-0.15, -0.1) is 0 Å². The number of ether oxygens (including phenoxy) is 1. The normalized spacial score (nSPS) is 29.3. The topological polar surface area (TPSA) is 38.3 Å². The fourth-order valence-electron chi connectivity index (χ4n) is 2.98. The first-order valence-corrected chi connectivity index (χ1v) is 6.20. The van der Waals surface area contributed by atoms with E-state index in [0.717, 1.165) is 12.8 Å². The van der Waals surface area contributed by atoms with E-state index in [1.807, 2.05) is 6.92 Å². The number of hydrogen-bond acceptors (Lipinski definition) is 3. The molecule has 0 radical (unpaired) electrons. The zero-order chi connectivity index (χ0) is 10.7. The minimum absolute atomic E-state index is 0.0388. The molecule has 0 amide bonds. The molecule has 1 saturated heterocycles. The van der Waals surface area contributed by atoms with E-state index in [-0.39, 0.29) is 17.6 Å². The predicted octanol–water partition coefficient (Wildman–Crippen LogP) is 2.00. The lowest BCUT2D eigenvalue weighted by molar-refractivity contribution is -0.145. The summed E-state index contributed by atoms with van der Waals surface area (Å²) in [6, 6.07) is -0.0388. The van der Waals surface area contributed by atoms with Crippen molar-refractivity contribution in [2.24, 2.45) is 0 Å². The Bertz CT molecular complexity index is 234. The van der Waals surface area contributed by atoms with Gasteiger partial charge in [0.1, 0.15) is 6.04 Å². The summed E-state index contributed by atoms with van der Waals surface area (Å²) in [6.45, 7) is 2.35. The molecule has 2 fully saturated rings. The van der Waals surface area contributed by atoms with E-state index >= 15 is 0 Å². The Morgan fingerprint density at radius 2 is 2.07 bits per heavy atom. The van der Waals surface area contributed by atoms with Crippen LogP contribution in [0, 0.1) is 0 Å². The Balaban J connectivity index is 1.90. The second-order valence-corrected chi connectivity index (χ2v) is 4.83. The van der Waals surface area contributed by atoms with Crippen molar-refractivity contribution in [1.82, 2.24) is 5.32 Å². The zero-order valence-corrected chi connectivity index (χ0v) is 9.55. The first-order chi connectivity index (χ1) is 7.26. The monoisotopic (exact) mass is 211 g/mol. The first kappa shape index (κ1) is 10.9. The lowest BCUT2D eigenvalue weighted by Gasteiger charge is -2.34. The minimum atomic E-state index is -0.0556. The van der Waals surface area contributed by atoms with Gasteiger partial charge in [0.15, 0.2) is 0 Å². The summed E-state index contributed by atoms with van der Waals surface area (Å²) in [5, 5.41) is 3.52. The van der Waals surface area contributed by atoms with Gasteiger partial charge in [-0.3, -0.25) is 10.1 Å². The Morgan fingerprint density at radius 1 is 1.33 bits per heavy atom. The molecule has 0 bridgehead atoms. The Morgan fingerprint density at radius 3 is 2.73 bits per heavy atom. The van der Waals surface area contributed by atoms with Crippen LogP contribution in [-0.4, -0.2) is 24.2 Å². The third kappa shape index (κ3) is 2.33. The van der Waals surface area contributed by atoms with E-state index in [9.17, 15) is 4.79 Å². The van der Waals surface area contributed by atoms with Crippen molar-refractivity contribution in [3.05, 3.63) is 0 Å². The van der Waals surface area contributed by atoms with Gasteiger partial charge >= 0.3 is 5.97 Å². The molecule has 0 aromatic carbocycles. The van der Waals surface area contributed by atoms with Gasteiger partial charge in [0.25, 0.3) is 0 Å². The average molecular weight is 211 g/mol. The van der Waals surface area contributed by atoms with Gasteiger partial charge in [0.05, 0.1) is 6.61 Å². The maximum Gasteiger partial charge on any atom is 0.323 e. The molecule has 3 heteroatoms. The van der Waals surface area contributed by atoms with Gasteiger partial charge in [-0.25, -0.2) is 0 Å². The van der Waals surface area contributed by atoms with Crippen molar-refractivity contribution in [3.8, 4) is 0 Å². The molecule has 1 N–H and O–H groups in total. The minimum Gasteiger partial charge on any atom is -0.465 e. The van der Waals surface area contributed by atoms with E-state index < -0.39 is 0 Å². The van der Waals surface area contributed by atoms with E-state index in [0.29, 0.717) is 6.61 Å². The maximum atomic E-state index is 11.6. The number of carbonyl (C=O) groups is 1. The predicted molar refractivity (Wildman–Crippen MR) is 58.6 cm³/mol. The van der Waals surface area contributed by atoms with Gasteiger partial charge < -0.3 is 4.74 Å². The van der Waals surface area contributed by atoms with Crippen LogP contribution in [0.3, 0.4) is 0 Å². The molecule has 1 atom stereocenters. The van der Waals surface area contributed by atoms with Crippen LogP contribution >= 0.6 is 0 Å². The highest BCUT2D eigenvalue weighted by atomic mass is 16.5. The molecule has 1 aliphatic carbocycles. The Labute approximate surface area is 91.6 Å². The quantitative estimate of drug-likeness (QED) is 0.710. The maximum absolute atomic E-state index is 11.6. The summed E-state index contributed by atoms with van der Waals surface area (Å²) in [4.78, 5) is 11.6. The largest absolute Gasteiger partial charge is 0.465 e. The second-order valence-electron chi connectivity index (χ2n) is 4.83. The summed E-state index contributed by atoms with van der Waals surface area (Å²) in [7, 11) is 0. The summed E-state index contributed by atoms with van der Waals surface area (Å²) >= 11 is 0. The summed E-state index contributed by atoms with van der Waals surface area (Å²) in [6.07, 6.45) is 8.56. The third-order valence-corrected chi connectivity index (χ3v) is 3.77. The van der Waals surface area contributed by atoms with E-state index in [1.165, 1.54) is 32.1 Å². The summed E-state index contributed by atoms with van der Waals surface area (Å²) < 4.78 is 5.06. The first-order valence-electron chi connectivity index (χ1n) is 6.20. The van der Waals surface area contributed by atoms with Gasteiger partial charge in [-0.1, -0.05) is 19.3 Å². The van der Waals surface area contributed by atoms with Gasteiger partial charge in [-0.05, 0) is 32.6 Å². The smallest absolute Gasteiger partial charge is 0.323 e. The fourth-order valence-corrected chi connectivity index (χ4v) is 2.98. The Kier molecular flexibility index (Phi) is 3.29. The molecule has 1 spiro atoms. The molecule has 2 rings (SSSR count). The SMILES string of the molecule is CCOC(=O)C1CCC2(CCCCC2)N1. The molecular formula is C12H21NO2. The van der Waals surface area contributed by atoms with Crippen LogP contribution in [-0.2, 0) is 9.53 Å². The summed E-state index contributed by atoms with van der Waals surface area (Å²) in [5.41, 5.74) is 0.273. The molecular weight excluding hydrogens is 190 g/mol. The highest BCUT2D eigenvalue weighted by Crippen LogP contribution is 2.37. The van der Waals surface area contributed by atoms with Gasteiger partial charge in [0, 0.05) is 5.54 Å². The van der Waals surface area contributed by atoms with Crippen LogP contribution in [0.5, 0.6) is 0 Å². The number of nitrogens with one attached hydrogen (secondary N) is 1. The van der Waals surface area contributed by atoms with Crippen LogP contribution in [0.2, 0.25) is 0 Å². The molecule has 1 saturated carbocycles. The summed E-state index contributed by atoms with van der Waals surface area (Å²) in [5.74, 6) is -0.0556. The lowest BCUT2D eigenvalue weighted by Crippen LogP contribution is -2.47. The molecule has 86 valence electrons. The molecule has 3 nitrogen and oxygen atoms in total. The second kappa shape index (κ2) is 4.52. The molecule has 0 aromatic rings. The van der Waals surface area contributed by atoms with Crippen LogP contribution in [0.1, 0.15) is 51.9 Å². The van der Waals surface area contributed by atoms with Crippen molar-refractivity contribution in [3.63, 3.8) is 0 Å². The third-order valence-electron chi connectivity index (χ3n) is 3.77. The van der Waals surface area contributed by atoms with Gasteiger partial charge in [0.2, 0.25) is 0 Å². The standard InChI is InChI=1S/C12H21NO2/c1-2-15-11(14)10-6-9-12(13-10)7-4-3-5-8-12/h10,13H,2-9H2,1H3. The molecule has 0 aromatic heterocycles. The fraction of sp³-hybridized carbons (Fsp3) is 0.917. The van der Waals surface area contributed by atoms with Crippen molar-refractivity contribution < 1.29 is 9.53 Å². The zero-order valence-electron chi connectivity index (χ0n) is 9.55. The van der Waals surface area contributed by atoms with Crippen molar-refractivity contribution in [2.75, 3.05) is 6.61 Å². The molecule has 2 aliphatic rings. The van der Waals surface area contributed by atoms with Crippen molar-refractivity contribution >= 4 is 5.97 Å². The van der Waals surface area contributed by atoms with Crippen LogP contribution in [0.4, 0.5) is 0 Å². The van der Waals surface area contributed by atoms with Crippen LogP contribution in [0.15, 0.2) is 0 Å². The molecule has 1 unspecified atom stereocenters. The molecule has 1 heterocycles. The van der Waals surface area contributed by atoms with Crippen LogP contribution in [0.25, 0.3) is 0 Å². The number of carbonyl (C=O) groups excluding carboxylic acids is 1. The highest BCUT2D eigenvalue weighted by molar-refractivity contribution is 5.76. The number of hydrogen-bond donors (Lipinski definition) is 1. The van der Waals surface area contributed by atoms with Crippen molar-refractivity contribution in [1.29, 1.82) is 0 Å². The van der Waals surface area contributed by atoms with Crippen LogP contribution < -0.4 is 5.32 Å². The number of rotatable bonds is 2. The lowest BCUT2D eigenvalue weighted by atomic mass is 9.81. The van der Waals surface area contributed by atoms with E-state index in [4.69, 9.17) is 4.74 Å². The van der Waals surface area contributed by atoms with Gasteiger partial charge in [-0.2, -0.15) is 0 Å². The van der Waals surface area contributed by atoms with E-state index in [2.05, 4.69) is 5.32 Å². The average Bonchev–Trinajstić information content (AvgIpc) is 2.64. The van der Waals surface area contributed by atoms with E-state index in [1.54, 1.807) is 0 Å². The molecule has 15 heavy (non-hydrogen) atoms. The molecule has 1 aliphatic heterocycles. The highest BCUT2D eigenvalue weighted by Gasteiger charge is 2.41. The Hall–Kier alpha value is -0.570. The number of esters is 1. The van der Waals surface area contributed by atoms with Crippen molar-refractivity contribution in [2.45, 2.75) is 63.5 Å².